The number of nitrogens with one attached hydrogen (secondary N) is 2. The molecule has 0 bridgehead atoms. The van der Waals surface area contributed by atoms with Crippen LogP contribution in [0.4, 0.5) is 9.59 Å². The Balaban J connectivity index is 0.00000261. The van der Waals surface area contributed by atoms with Gasteiger partial charge in [-0.1, -0.05) is 30.2 Å². The number of aromatic amines is 2. The highest BCUT2D eigenvalue weighted by atomic mass is 32.1. The highest BCUT2D eigenvalue weighted by Gasteiger charge is 2.36. The second kappa shape index (κ2) is 15.2. The van der Waals surface area contributed by atoms with Crippen LogP contribution in [-0.2, 0) is 9.47 Å². The minimum atomic E-state index is -0.547. The van der Waals surface area contributed by atoms with Gasteiger partial charge in [-0.05, 0) is 125 Å². The molecule has 274 valence electrons. The molecule has 0 unspecified atom stereocenters. The number of fused-ring (bicyclic) bond motifs is 2. The van der Waals surface area contributed by atoms with E-state index in [9.17, 15) is 9.59 Å². The second-order valence-corrected chi connectivity index (χ2v) is 15.2. The van der Waals surface area contributed by atoms with E-state index in [1.165, 1.54) is 0 Å². The zero-order valence-corrected chi connectivity index (χ0v) is 32.6. The molecular weight excluding hydrogens is 693 g/mol. The molecule has 2 fully saturated rings. The number of benzene rings is 3. The van der Waals surface area contributed by atoms with Crippen LogP contribution in [-0.4, -0.2) is 66.2 Å². The van der Waals surface area contributed by atoms with Crippen LogP contribution in [0, 0.1) is 11.8 Å². The molecule has 2 aromatic heterocycles. The number of nitrogens with zero attached hydrogens (tertiary/aromatic N) is 4. The van der Waals surface area contributed by atoms with Crippen molar-refractivity contribution in [1.82, 2.24) is 29.7 Å². The summed E-state index contributed by atoms with van der Waals surface area (Å²) >= 11 is 0. The van der Waals surface area contributed by atoms with Gasteiger partial charge in [0, 0.05) is 18.7 Å². The van der Waals surface area contributed by atoms with Crippen LogP contribution in [0.1, 0.15) is 102 Å². The lowest BCUT2D eigenvalue weighted by atomic mass is 9.99. The Hall–Kier alpha value is -4.60. The fourth-order valence-electron chi connectivity index (χ4n) is 6.76. The topological polar surface area (TPSA) is 116 Å². The van der Waals surface area contributed by atoms with Gasteiger partial charge in [0.25, 0.3) is 0 Å². The van der Waals surface area contributed by atoms with E-state index >= 15 is 0 Å². The molecule has 2 aliphatic rings. The Labute approximate surface area is 319 Å². The third kappa shape index (κ3) is 8.54. The molecule has 12 heteroatoms. The molecule has 10 nitrogen and oxygen atoms in total. The number of imidazole rings is 2. The smallest absolute Gasteiger partial charge is 0.410 e. The molecule has 5 aromatic rings. The Morgan fingerprint density at radius 2 is 1.31 bits per heavy atom. The number of carbonyl (C=O) groups is 2. The number of carbonyl (C=O) groups excluding carboxylic acids is 2. The number of hydrogen-bond acceptors (Lipinski definition) is 6. The van der Waals surface area contributed by atoms with Gasteiger partial charge in [-0.15, -0.1) is 0 Å². The van der Waals surface area contributed by atoms with Crippen molar-refractivity contribution in [2.24, 2.45) is 0 Å². The van der Waals surface area contributed by atoms with Gasteiger partial charge in [0.15, 0.2) is 0 Å². The summed E-state index contributed by atoms with van der Waals surface area (Å²) in [6.07, 6.45) is 4.61. The molecule has 0 spiro atoms. The van der Waals surface area contributed by atoms with Crippen LogP contribution in [0.25, 0.3) is 32.9 Å². The number of likely N-dealkylation sites (tertiary alicyclic amines) is 2. The molecule has 4 heterocycles. The minimum absolute atomic E-state index is 0. The van der Waals surface area contributed by atoms with E-state index in [0.29, 0.717) is 18.8 Å². The van der Waals surface area contributed by atoms with E-state index in [1.807, 2.05) is 53.7 Å². The van der Waals surface area contributed by atoms with Crippen molar-refractivity contribution in [3.8, 4) is 23.0 Å². The van der Waals surface area contributed by atoms with Gasteiger partial charge in [0.05, 0.1) is 29.3 Å². The average Bonchev–Trinajstić information content (AvgIpc) is 3.87. The van der Waals surface area contributed by atoms with Gasteiger partial charge in [-0.2, -0.15) is 27.0 Å². The highest BCUT2D eigenvalue weighted by molar-refractivity contribution is 7.59. The zero-order chi connectivity index (χ0) is 35.2. The first-order valence-electron chi connectivity index (χ1n) is 17.4. The zero-order valence-electron chi connectivity index (χ0n) is 30.6. The van der Waals surface area contributed by atoms with Gasteiger partial charge in [-0.3, -0.25) is 9.80 Å². The maximum atomic E-state index is 12.9. The molecule has 0 aliphatic carbocycles. The molecule has 7 rings (SSSR count). The number of rotatable bonds is 3. The Bertz CT molecular complexity index is 2150. The molecular formula is C40H48N6O4S2. The first kappa shape index (κ1) is 38.6. The first-order chi connectivity index (χ1) is 23.8. The molecule has 2 N–H and O–H groups in total. The van der Waals surface area contributed by atoms with E-state index in [4.69, 9.17) is 14.5 Å². The van der Waals surface area contributed by atoms with Crippen LogP contribution in [0.2, 0.25) is 0 Å². The number of ether oxygens (including phenoxy) is 2. The summed E-state index contributed by atoms with van der Waals surface area (Å²) in [7, 11) is 0. The van der Waals surface area contributed by atoms with Crippen molar-refractivity contribution in [2.75, 3.05) is 13.1 Å². The largest absolute Gasteiger partial charge is 0.444 e. The average molecular weight is 741 g/mol. The third-order valence-electron chi connectivity index (χ3n) is 9.00. The summed E-state index contributed by atoms with van der Waals surface area (Å²) in [5.74, 6) is 7.99. The second-order valence-electron chi connectivity index (χ2n) is 15.2. The summed E-state index contributed by atoms with van der Waals surface area (Å²) in [5.41, 5.74) is 4.50. The Morgan fingerprint density at radius 3 is 1.96 bits per heavy atom. The van der Waals surface area contributed by atoms with Crippen molar-refractivity contribution in [3.63, 3.8) is 0 Å². The van der Waals surface area contributed by atoms with E-state index in [1.54, 1.807) is 16.0 Å². The fourth-order valence-corrected chi connectivity index (χ4v) is 6.76. The van der Waals surface area contributed by atoms with Crippen molar-refractivity contribution < 1.29 is 19.1 Å². The lowest BCUT2D eigenvalue weighted by Crippen LogP contribution is -2.36. The summed E-state index contributed by atoms with van der Waals surface area (Å²) in [6, 6.07) is 18.6. The minimum Gasteiger partial charge on any atom is -0.444 e. The number of aromatic nitrogens is 4. The van der Waals surface area contributed by atoms with E-state index < -0.39 is 11.2 Å². The molecule has 2 saturated heterocycles. The van der Waals surface area contributed by atoms with Crippen LogP contribution >= 0.6 is 27.0 Å². The molecule has 0 saturated carbocycles. The number of H-pyrrole nitrogens is 2. The lowest BCUT2D eigenvalue weighted by Gasteiger charge is -2.27. The van der Waals surface area contributed by atoms with Crippen LogP contribution in [0.15, 0.2) is 60.8 Å². The van der Waals surface area contributed by atoms with E-state index in [0.717, 1.165) is 75.8 Å². The summed E-state index contributed by atoms with van der Waals surface area (Å²) in [4.78, 5) is 45.4. The van der Waals surface area contributed by atoms with Gasteiger partial charge in [0.1, 0.15) is 28.5 Å². The quantitative estimate of drug-likeness (QED) is 0.179. The standard InChI is InChI=1S/C40H44N6O4.2H2S/c1-39(2,3)49-37(47)45-19-7-9-33(45)35-41-24-30(42-35)17-12-25-11-13-27-22-28(15-14-26(27)21-25)29-16-18-31-32(23-29)44-36(43-31)34-10-8-20-46(34)38(48)50-40(4,5)6;;/h11,13-16,18,21-24,33-34H,7-10,19-20H2,1-6H3,(H,41,42)(H,43,44);2*1H2/t33-,34-;;/m0../s1. The summed E-state index contributed by atoms with van der Waals surface area (Å²) in [6.45, 7) is 12.6. The lowest BCUT2D eigenvalue weighted by molar-refractivity contribution is 0.0208. The summed E-state index contributed by atoms with van der Waals surface area (Å²) in [5, 5.41) is 2.21. The van der Waals surface area contributed by atoms with Crippen LogP contribution < -0.4 is 0 Å². The molecule has 2 aliphatic heterocycles. The summed E-state index contributed by atoms with van der Waals surface area (Å²) < 4.78 is 11.3. The monoisotopic (exact) mass is 740 g/mol. The van der Waals surface area contributed by atoms with E-state index in [2.05, 4.69) is 69.3 Å². The first-order valence-corrected chi connectivity index (χ1v) is 17.4. The normalized spacial score (nSPS) is 17.3. The molecule has 2 atom stereocenters. The fraction of sp³-hybridized carbons (Fsp3) is 0.400. The van der Waals surface area contributed by atoms with Crippen molar-refractivity contribution in [1.29, 1.82) is 0 Å². The Morgan fingerprint density at radius 1 is 0.731 bits per heavy atom. The van der Waals surface area contributed by atoms with Gasteiger partial charge >= 0.3 is 12.2 Å². The Kier molecular flexibility index (Phi) is 11.3. The predicted molar refractivity (Wildman–Crippen MR) is 214 cm³/mol. The van der Waals surface area contributed by atoms with Crippen LogP contribution in [0.5, 0.6) is 0 Å². The van der Waals surface area contributed by atoms with Crippen molar-refractivity contribution in [2.45, 2.75) is 90.5 Å². The maximum Gasteiger partial charge on any atom is 0.410 e. The van der Waals surface area contributed by atoms with Gasteiger partial charge in [0.2, 0.25) is 0 Å². The molecule has 3 aromatic carbocycles. The van der Waals surface area contributed by atoms with Crippen LogP contribution in [0.3, 0.4) is 0 Å². The van der Waals surface area contributed by atoms with E-state index in [-0.39, 0.29) is 51.3 Å². The number of amides is 2. The maximum absolute atomic E-state index is 12.9. The van der Waals surface area contributed by atoms with Gasteiger partial charge in [-0.25, -0.2) is 19.6 Å². The van der Waals surface area contributed by atoms with Gasteiger partial charge < -0.3 is 19.4 Å². The number of hydrogen-bond donors (Lipinski definition) is 2. The molecule has 2 amide bonds. The molecule has 0 radical (unpaired) electrons. The molecule has 52 heavy (non-hydrogen) atoms. The highest BCUT2D eigenvalue weighted by Crippen LogP contribution is 2.35. The third-order valence-corrected chi connectivity index (χ3v) is 9.00. The van der Waals surface area contributed by atoms with Crippen molar-refractivity contribution in [3.05, 3.63) is 83.7 Å². The SMILES string of the molecule is CC(C)(C)OC(=O)N1CCC[C@H]1c1ncc(C#Cc2ccc3cc(-c4ccc5nc([C@@H]6CCCN6C(=O)OC(C)(C)C)[nH]c5c4)ccc3c2)[nH]1.S.S. The van der Waals surface area contributed by atoms with Crippen molar-refractivity contribution >= 4 is 61.0 Å². The predicted octanol–water partition coefficient (Wildman–Crippen LogP) is 8.88.